The largest absolute Gasteiger partial charge is 0.288 e. The van der Waals surface area contributed by atoms with Gasteiger partial charge in [0, 0.05) is 11.6 Å². The van der Waals surface area contributed by atoms with E-state index in [1.807, 2.05) is 54.6 Å². The average molecular weight is 385 g/mol. The Labute approximate surface area is 168 Å². The van der Waals surface area contributed by atoms with Gasteiger partial charge in [0.05, 0.1) is 6.21 Å². The first-order chi connectivity index (χ1) is 14.2. The molecule has 3 aromatic rings. The summed E-state index contributed by atoms with van der Waals surface area (Å²) in [5.41, 5.74) is 8.26. The van der Waals surface area contributed by atoms with Crippen molar-refractivity contribution in [3.63, 3.8) is 0 Å². The molecule has 0 bridgehead atoms. The Kier molecular flexibility index (Phi) is 6.65. The van der Waals surface area contributed by atoms with Crippen LogP contribution in [0, 0.1) is 0 Å². The molecule has 0 aliphatic heterocycles. The molecule has 6 nitrogen and oxygen atoms in total. The quantitative estimate of drug-likeness (QED) is 0.262. The standard InChI is InChI=1S/C23H19N3O3/c27-22(26-29)15-10-17-6-13-21(14-7-17)23(28)25-24-16-18-8-11-20(12-9-18)19-4-2-1-3-5-19/h1-16,29H,(H,25,28)(H,26,27)/b15-10+,24-16+. The molecule has 0 aliphatic rings. The molecule has 0 saturated carbocycles. The molecule has 29 heavy (non-hydrogen) atoms. The molecule has 0 fully saturated rings. The summed E-state index contributed by atoms with van der Waals surface area (Å²) in [6, 6.07) is 24.5. The molecule has 0 radical (unpaired) electrons. The van der Waals surface area contributed by atoms with Gasteiger partial charge in [0.1, 0.15) is 0 Å². The van der Waals surface area contributed by atoms with Gasteiger partial charge in [0.2, 0.25) is 0 Å². The maximum Gasteiger partial charge on any atom is 0.271 e. The van der Waals surface area contributed by atoms with Crippen LogP contribution in [0.15, 0.2) is 90.0 Å². The number of hydrazone groups is 1. The summed E-state index contributed by atoms with van der Waals surface area (Å²) in [6.45, 7) is 0. The van der Waals surface area contributed by atoms with Crippen molar-refractivity contribution in [3.05, 3.63) is 102 Å². The second kappa shape index (κ2) is 9.77. The summed E-state index contributed by atoms with van der Waals surface area (Å²) in [7, 11) is 0. The molecule has 0 atom stereocenters. The van der Waals surface area contributed by atoms with Crippen LogP contribution >= 0.6 is 0 Å². The Balaban J connectivity index is 1.56. The van der Waals surface area contributed by atoms with Crippen molar-refractivity contribution in [2.45, 2.75) is 0 Å². The smallest absolute Gasteiger partial charge is 0.271 e. The van der Waals surface area contributed by atoms with Crippen LogP contribution in [0.5, 0.6) is 0 Å². The van der Waals surface area contributed by atoms with Crippen molar-refractivity contribution in [1.82, 2.24) is 10.9 Å². The lowest BCUT2D eigenvalue weighted by Crippen LogP contribution is -2.17. The number of carbonyl (C=O) groups is 2. The first-order valence-corrected chi connectivity index (χ1v) is 8.87. The van der Waals surface area contributed by atoms with E-state index in [0.717, 1.165) is 16.7 Å². The molecule has 6 heteroatoms. The molecule has 3 aromatic carbocycles. The zero-order valence-electron chi connectivity index (χ0n) is 15.4. The van der Waals surface area contributed by atoms with Crippen molar-refractivity contribution in [1.29, 1.82) is 0 Å². The predicted molar refractivity (Wildman–Crippen MR) is 112 cm³/mol. The zero-order valence-corrected chi connectivity index (χ0v) is 15.4. The number of carbonyl (C=O) groups excluding carboxylic acids is 2. The van der Waals surface area contributed by atoms with E-state index in [2.05, 4.69) is 10.5 Å². The number of hydroxylamine groups is 1. The van der Waals surface area contributed by atoms with Crippen LogP contribution in [-0.2, 0) is 4.79 Å². The minimum Gasteiger partial charge on any atom is -0.288 e. The average Bonchev–Trinajstić information content (AvgIpc) is 2.78. The van der Waals surface area contributed by atoms with E-state index < -0.39 is 5.91 Å². The molecular formula is C23H19N3O3. The number of nitrogens with one attached hydrogen (secondary N) is 2. The van der Waals surface area contributed by atoms with Gasteiger partial charge in [-0.25, -0.2) is 10.9 Å². The van der Waals surface area contributed by atoms with E-state index in [9.17, 15) is 9.59 Å². The van der Waals surface area contributed by atoms with Crippen LogP contribution in [0.2, 0.25) is 0 Å². The second-order valence-corrected chi connectivity index (χ2v) is 6.12. The molecule has 3 rings (SSSR count). The number of hydrogen-bond donors (Lipinski definition) is 3. The maximum absolute atomic E-state index is 12.2. The first kappa shape index (κ1) is 19.7. The molecule has 144 valence electrons. The fourth-order valence-electron chi connectivity index (χ4n) is 2.58. The van der Waals surface area contributed by atoms with E-state index in [1.54, 1.807) is 30.5 Å². The molecule has 0 heterocycles. The van der Waals surface area contributed by atoms with Gasteiger partial charge in [-0.05, 0) is 40.5 Å². The summed E-state index contributed by atoms with van der Waals surface area (Å²) >= 11 is 0. The van der Waals surface area contributed by atoms with Gasteiger partial charge >= 0.3 is 0 Å². The highest BCUT2D eigenvalue weighted by Crippen LogP contribution is 2.18. The van der Waals surface area contributed by atoms with E-state index >= 15 is 0 Å². The molecule has 0 aliphatic carbocycles. The normalized spacial score (nSPS) is 10.9. The lowest BCUT2D eigenvalue weighted by atomic mass is 10.0. The number of hydrogen-bond acceptors (Lipinski definition) is 4. The van der Waals surface area contributed by atoms with Crippen molar-refractivity contribution >= 4 is 24.1 Å². The summed E-state index contributed by atoms with van der Waals surface area (Å²) in [6.07, 6.45) is 4.28. The minimum atomic E-state index is -0.627. The van der Waals surface area contributed by atoms with E-state index in [-0.39, 0.29) is 5.91 Å². The minimum absolute atomic E-state index is 0.342. The number of amides is 2. The topological polar surface area (TPSA) is 90.8 Å². The van der Waals surface area contributed by atoms with Gasteiger partial charge in [-0.15, -0.1) is 0 Å². The van der Waals surface area contributed by atoms with Crippen LogP contribution in [0.3, 0.4) is 0 Å². The van der Waals surface area contributed by atoms with Gasteiger partial charge in [-0.1, -0.05) is 66.7 Å². The third kappa shape index (κ3) is 5.72. The van der Waals surface area contributed by atoms with Crippen molar-refractivity contribution in [3.8, 4) is 11.1 Å². The SMILES string of the molecule is O=C(/C=C/c1ccc(C(=O)N/N=C/c2ccc(-c3ccccc3)cc2)cc1)NO. The summed E-state index contributed by atoms with van der Waals surface area (Å²) in [4.78, 5) is 23.1. The monoisotopic (exact) mass is 385 g/mol. The highest BCUT2D eigenvalue weighted by molar-refractivity contribution is 5.95. The van der Waals surface area contributed by atoms with Gasteiger partial charge in [-0.2, -0.15) is 5.10 Å². The molecule has 2 amide bonds. The lowest BCUT2D eigenvalue weighted by Gasteiger charge is -2.02. The zero-order chi connectivity index (χ0) is 20.5. The lowest BCUT2D eigenvalue weighted by molar-refractivity contribution is -0.124. The fraction of sp³-hybridized carbons (Fsp3) is 0. The highest BCUT2D eigenvalue weighted by Gasteiger charge is 2.03. The van der Waals surface area contributed by atoms with Crippen LogP contribution in [-0.4, -0.2) is 23.2 Å². The first-order valence-electron chi connectivity index (χ1n) is 8.87. The number of benzene rings is 3. The molecule has 3 N–H and O–H groups in total. The van der Waals surface area contributed by atoms with Gasteiger partial charge < -0.3 is 0 Å². The van der Waals surface area contributed by atoms with Gasteiger partial charge in [-0.3, -0.25) is 14.8 Å². The molecule has 0 aromatic heterocycles. The van der Waals surface area contributed by atoms with Gasteiger partial charge in [0.25, 0.3) is 11.8 Å². The Morgan fingerprint density at radius 3 is 2.07 bits per heavy atom. The van der Waals surface area contributed by atoms with E-state index in [1.165, 1.54) is 17.6 Å². The van der Waals surface area contributed by atoms with E-state index in [0.29, 0.717) is 11.1 Å². The third-order valence-corrected chi connectivity index (χ3v) is 4.11. The Morgan fingerprint density at radius 1 is 0.793 bits per heavy atom. The predicted octanol–water partition coefficient (Wildman–Crippen LogP) is 3.64. The number of nitrogens with zero attached hydrogens (tertiary/aromatic N) is 1. The third-order valence-electron chi connectivity index (χ3n) is 4.11. The van der Waals surface area contributed by atoms with Gasteiger partial charge in [0.15, 0.2) is 0 Å². The van der Waals surface area contributed by atoms with Crippen LogP contribution in [0.4, 0.5) is 0 Å². The van der Waals surface area contributed by atoms with Crippen molar-refractivity contribution in [2.75, 3.05) is 0 Å². The Morgan fingerprint density at radius 2 is 1.41 bits per heavy atom. The molecule has 0 saturated heterocycles. The molecular weight excluding hydrogens is 366 g/mol. The Bertz CT molecular complexity index is 1030. The Hall–Kier alpha value is -4.03. The summed E-state index contributed by atoms with van der Waals surface area (Å²) < 4.78 is 0. The number of rotatable bonds is 6. The molecule has 0 unspecified atom stereocenters. The summed E-state index contributed by atoms with van der Waals surface area (Å²) in [5.74, 6) is -0.969. The molecule has 0 spiro atoms. The van der Waals surface area contributed by atoms with E-state index in [4.69, 9.17) is 5.21 Å². The maximum atomic E-state index is 12.2. The second-order valence-electron chi connectivity index (χ2n) is 6.12. The van der Waals surface area contributed by atoms with Crippen LogP contribution in [0.25, 0.3) is 17.2 Å². The van der Waals surface area contributed by atoms with Crippen LogP contribution in [0.1, 0.15) is 21.5 Å². The van der Waals surface area contributed by atoms with Crippen molar-refractivity contribution in [2.24, 2.45) is 5.10 Å². The van der Waals surface area contributed by atoms with Crippen molar-refractivity contribution < 1.29 is 14.8 Å². The van der Waals surface area contributed by atoms with Crippen LogP contribution < -0.4 is 10.9 Å². The highest BCUT2D eigenvalue weighted by atomic mass is 16.5. The summed E-state index contributed by atoms with van der Waals surface area (Å²) in [5, 5.41) is 12.4. The fourth-order valence-corrected chi connectivity index (χ4v) is 2.58.